The van der Waals surface area contributed by atoms with Crippen molar-refractivity contribution in [1.82, 2.24) is 7.96 Å². The second-order valence-corrected chi connectivity index (χ2v) is 5.12. The van der Waals surface area contributed by atoms with Crippen LogP contribution in [0.2, 0.25) is 0 Å². The number of unbranched alkanes of at least 4 members (excludes halogenated alkanes) is 1. The van der Waals surface area contributed by atoms with E-state index in [0.29, 0.717) is 12.3 Å². The number of hydrogen-bond acceptors (Lipinski definition) is 3. The van der Waals surface area contributed by atoms with Gasteiger partial charge in [0, 0.05) is 0 Å². The predicted octanol–water partition coefficient (Wildman–Crippen LogP) is 2.03. The number of alkyl halides is 1. The summed E-state index contributed by atoms with van der Waals surface area (Å²) in [6.07, 6.45) is 2.18. The Kier molecular flexibility index (Phi) is 4.54. The van der Waals surface area contributed by atoms with Crippen molar-refractivity contribution in [3.8, 4) is 0 Å². The number of anilines is 1. The van der Waals surface area contributed by atoms with E-state index < -0.39 is 0 Å². The first-order valence-corrected chi connectivity index (χ1v) is 7.45. The van der Waals surface area contributed by atoms with E-state index in [-0.39, 0.29) is 20.9 Å². The Hall–Kier alpha value is -0.901. The number of nitrogens with zero attached hydrogens (tertiary/aromatic N) is 2. The fourth-order valence-electron chi connectivity index (χ4n) is 1.50. The molecule has 2 aromatic rings. The van der Waals surface area contributed by atoms with Gasteiger partial charge < -0.3 is 0 Å². The zero-order valence-electron chi connectivity index (χ0n) is 9.15. The molecular formula is C11H12ClN3OSe. The van der Waals surface area contributed by atoms with E-state index in [2.05, 4.69) is 13.3 Å². The number of aromatic nitrogens is 2. The van der Waals surface area contributed by atoms with E-state index in [1.165, 1.54) is 0 Å². The number of benzene rings is 1. The van der Waals surface area contributed by atoms with Crippen LogP contribution in [0.25, 0.3) is 11.0 Å². The van der Waals surface area contributed by atoms with Crippen LogP contribution in [-0.4, -0.2) is 34.7 Å². The summed E-state index contributed by atoms with van der Waals surface area (Å²) in [6.45, 7) is 0. The van der Waals surface area contributed by atoms with Crippen LogP contribution >= 0.6 is 11.6 Å². The molecule has 0 aliphatic heterocycles. The molecule has 0 aliphatic rings. The van der Waals surface area contributed by atoms with Crippen molar-refractivity contribution in [1.29, 1.82) is 0 Å². The molecule has 0 bridgehead atoms. The second kappa shape index (κ2) is 6.15. The van der Waals surface area contributed by atoms with Gasteiger partial charge in [-0.25, -0.2) is 0 Å². The van der Waals surface area contributed by atoms with Crippen molar-refractivity contribution in [2.75, 3.05) is 11.2 Å². The molecule has 0 radical (unpaired) electrons. The molecule has 1 amide bonds. The fraction of sp³-hybridized carbons (Fsp3) is 0.364. The maximum atomic E-state index is 11.7. The van der Waals surface area contributed by atoms with E-state index in [4.69, 9.17) is 11.6 Å². The number of nitrogens with one attached hydrogen (secondary N) is 1. The standard InChI is InChI=1S/C11H12ClN3OSe/c12-7-2-1-6-10(16)13-8-4-3-5-9-11(8)15-17-14-9/h3-5H,1-2,6-7H2,(H,13,16). The summed E-state index contributed by atoms with van der Waals surface area (Å²) >= 11 is 5.50. The van der Waals surface area contributed by atoms with Gasteiger partial charge in [0.05, 0.1) is 0 Å². The molecule has 90 valence electrons. The average molecular weight is 317 g/mol. The molecule has 4 nitrogen and oxygen atoms in total. The molecule has 0 saturated carbocycles. The van der Waals surface area contributed by atoms with E-state index in [0.717, 1.165) is 29.6 Å². The molecular weight excluding hydrogens is 305 g/mol. The molecule has 17 heavy (non-hydrogen) atoms. The summed E-state index contributed by atoms with van der Waals surface area (Å²) in [5.41, 5.74) is 2.46. The number of amides is 1. The Morgan fingerprint density at radius 1 is 1.35 bits per heavy atom. The Labute approximate surface area is 111 Å². The quantitative estimate of drug-likeness (QED) is 0.522. The van der Waals surface area contributed by atoms with Crippen LogP contribution in [-0.2, 0) is 4.79 Å². The fourth-order valence-corrected chi connectivity index (χ4v) is 2.84. The van der Waals surface area contributed by atoms with Gasteiger partial charge in [-0.3, -0.25) is 0 Å². The van der Waals surface area contributed by atoms with Crippen molar-refractivity contribution in [3.63, 3.8) is 0 Å². The van der Waals surface area contributed by atoms with Crippen LogP contribution in [0, 0.1) is 0 Å². The normalized spacial score (nSPS) is 10.6. The molecule has 1 aromatic heterocycles. The molecule has 0 saturated heterocycles. The van der Waals surface area contributed by atoms with Gasteiger partial charge in [-0.2, -0.15) is 0 Å². The molecule has 2 rings (SSSR count). The Balaban J connectivity index is 2.03. The number of hydrogen-bond donors (Lipinski definition) is 1. The molecule has 0 aliphatic carbocycles. The summed E-state index contributed by atoms with van der Waals surface area (Å²) in [5, 5.41) is 2.88. The molecule has 6 heteroatoms. The number of fused-ring (bicyclic) bond motifs is 1. The van der Waals surface area contributed by atoms with Crippen LogP contribution in [0.5, 0.6) is 0 Å². The van der Waals surface area contributed by atoms with Crippen LogP contribution in [0.1, 0.15) is 19.3 Å². The minimum atomic E-state index is -0.0677. The average Bonchev–Trinajstić information content (AvgIpc) is 2.78. The van der Waals surface area contributed by atoms with Crippen LogP contribution < -0.4 is 5.32 Å². The van der Waals surface area contributed by atoms with Crippen molar-refractivity contribution < 1.29 is 4.79 Å². The van der Waals surface area contributed by atoms with Gasteiger partial charge in [-0.15, -0.1) is 0 Å². The van der Waals surface area contributed by atoms with Crippen LogP contribution in [0.4, 0.5) is 5.69 Å². The van der Waals surface area contributed by atoms with Gasteiger partial charge in [0.2, 0.25) is 0 Å². The number of carbonyl (C=O) groups excluding carboxylic acids is 1. The van der Waals surface area contributed by atoms with E-state index in [9.17, 15) is 4.79 Å². The van der Waals surface area contributed by atoms with Crippen molar-refractivity contribution in [2.45, 2.75) is 19.3 Å². The van der Waals surface area contributed by atoms with Crippen molar-refractivity contribution >= 4 is 49.2 Å². The summed E-state index contributed by atoms with van der Waals surface area (Å²) in [6, 6.07) is 5.66. The van der Waals surface area contributed by atoms with Gasteiger partial charge in [0.1, 0.15) is 0 Å². The van der Waals surface area contributed by atoms with Crippen molar-refractivity contribution in [3.05, 3.63) is 18.2 Å². The van der Waals surface area contributed by atoms with Crippen LogP contribution in [0.3, 0.4) is 0 Å². The van der Waals surface area contributed by atoms with E-state index in [1.807, 2.05) is 18.2 Å². The summed E-state index contributed by atoms with van der Waals surface area (Å²) in [7, 11) is 0. The third-order valence-electron chi connectivity index (χ3n) is 2.35. The third-order valence-corrected chi connectivity index (χ3v) is 3.75. The summed E-state index contributed by atoms with van der Waals surface area (Å²) in [5.74, 6) is 0.614. The zero-order valence-corrected chi connectivity index (χ0v) is 11.6. The third kappa shape index (κ3) is 3.28. The molecule has 1 aromatic carbocycles. The molecule has 0 atom stereocenters. The monoisotopic (exact) mass is 317 g/mol. The zero-order chi connectivity index (χ0) is 12.1. The number of carbonyl (C=O) groups is 1. The van der Waals surface area contributed by atoms with Crippen molar-refractivity contribution in [2.24, 2.45) is 0 Å². The van der Waals surface area contributed by atoms with E-state index in [1.54, 1.807) is 0 Å². The van der Waals surface area contributed by atoms with Crippen LogP contribution in [0.15, 0.2) is 18.2 Å². The molecule has 0 fully saturated rings. The van der Waals surface area contributed by atoms with Gasteiger partial charge in [0.25, 0.3) is 0 Å². The van der Waals surface area contributed by atoms with E-state index >= 15 is 0 Å². The van der Waals surface area contributed by atoms with Gasteiger partial charge in [0.15, 0.2) is 0 Å². The first-order valence-electron chi connectivity index (χ1n) is 5.38. The summed E-state index contributed by atoms with van der Waals surface area (Å²) < 4.78 is 8.58. The Bertz CT molecular complexity index is 514. The summed E-state index contributed by atoms with van der Waals surface area (Å²) in [4.78, 5) is 11.7. The topological polar surface area (TPSA) is 54.9 Å². The molecule has 1 N–H and O–H groups in total. The van der Waals surface area contributed by atoms with Gasteiger partial charge in [-0.05, 0) is 0 Å². The first-order chi connectivity index (χ1) is 8.31. The number of halogens is 1. The van der Waals surface area contributed by atoms with Gasteiger partial charge in [-0.1, -0.05) is 0 Å². The molecule has 0 unspecified atom stereocenters. The molecule has 0 spiro atoms. The number of rotatable bonds is 5. The van der Waals surface area contributed by atoms with Gasteiger partial charge >= 0.3 is 111 Å². The Morgan fingerprint density at radius 2 is 2.24 bits per heavy atom. The predicted molar refractivity (Wildman–Crippen MR) is 69.7 cm³/mol. The second-order valence-electron chi connectivity index (χ2n) is 3.63. The SMILES string of the molecule is O=C(CCCCCl)Nc1cccc2n[se]nc12. The molecule has 1 heterocycles. The first kappa shape index (κ1) is 12.6. The maximum absolute atomic E-state index is 11.7. The Morgan fingerprint density at radius 3 is 3.06 bits per heavy atom. The minimum absolute atomic E-state index is 0.0121.